The Bertz CT molecular complexity index is 1300. The lowest BCUT2D eigenvalue weighted by atomic mass is 9.44. The molecule has 1 saturated heterocycles. The lowest BCUT2D eigenvalue weighted by molar-refractivity contribution is -0.197. The second kappa shape index (κ2) is 9.41. The van der Waals surface area contributed by atoms with Gasteiger partial charge >= 0.3 is 17.9 Å². The molecule has 0 N–H and O–H groups in total. The zero-order valence-electron chi connectivity index (χ0n) is 21.6. The van der Waals surface area contributed by atoms with Crippen molar-refractivity contribution in [1.82, 2.24) is 4.98 Å². The van der Waals surface area contributed by atoms with E-state index in [0.717, 1.165) is 0 Å². The summed E-state index contributed by atoms with van der Waals surface area (Å²) >= 11 is 0. The topological polar surface area (TPSA) is 131 Å². The Morgan fingerprint density at radius 3 is 2.53 bits per heavy atom. The molecule has 0 spiro atoms. The van der Waals surface area contributed by atoms with Crippen molar-refractivity contribution in [2.45, 2.75) is 39.2 Å². The van der Waals surface area contributed by atoms with E-state index in [0.29, 0.717) is 30.7 Å². The average molecular weight is 524 g/mol. The van der Waals surface area contributed by atoms with Crippen LogP contribution in [-0.2, 0) is 28.6 Å². The predicted molar refractivity (Wildman–Crippen MR) is 129 cm³/mol. The van der Waals surface area contributed by atoms with Crippen LogP contribution in [-0.4, -0.2) is 42.9 Å². The van der Waals surface area contributed by atoms with E-state index >= 15 is 0 Å². The van der Waals surface area contributed by atoms with Crippen molar-refractivity contribution in [3.63, 3.8) is 0 Å². The monoisotopic (exact) mass is 523 g/mol. The summed E-state index contributed by atoms with van der Waals surface area (Å²) in [7, 11) is 2.73. The van der Waals surface area contributed by atoms with Crippen LogP contribution in [0.3, 0.4) is 0 Å². The molecule has 0 radical (unpaired) electrons. The number of hydrogen-bond donors (Lipinski definition) is 0. The van der Waals surface area contributed by atoms with Gasteiger partial charge < -0.3 is 23.4 Å². The maximum absolute atomic E-state index is 14.1. The fraction of sp³-hybridized carbons (Fsp3) is 0.464. The normalized spacial score (nSPS) is 32.3. The summed E-state index contributed by atoms with van der Waals surface area (Å²) in [5, 5.41) is 0. The highest BCUT2D eigenvalue weighted by Gasteiger charge is 2.66. The molecule has 1 aliphatic heterocycles. The molecule has 5 rings (SSSR count). The molecule has 3 aliphatic rings. The smallest absolute Gasteiger partial charge is 0.345 e. The Hall–Kier alpha value is -3.95. The number of furan rings is 1. The molecule has 0 unspecified atom stereocenters. The van der Waals surface area contributed by atoms with Crippen LogP contribution in [0.2, 0.25) is 0 Å². The molecule has 0 amide bonds. The SMILES string of the molecule is COC(=O)[C@@H]1C=C(OC(=O)c2ccc(OC)nc2)C(=O)[C@H]2[C@@]1(C)CC[C@H]1C(=O)O[C@H](c3ccoc3)C[C@]21C. The number of ketones is 1. The van der Waals surface area contributed by atoms with Crippen LogP contribution >= 0.6 is 0 Å². The summed E-state index contributed by atoms with van der Waals surface area (Å²) in [6.07, 6.45) is 6.26. The minimum Gasteiger partial charge on any atom is -0.481 e. The van der Waals surface area contributed by atoms with Crippen LogP contribution in [0.15, 0.2) is 53.2 Å². The third-order valence-corrected chi connectivity index (χ3v) is 8.54. The summed E-state index contributed by atoms with van der Waals surface area (Å²) < 4.78 is 26.7. The van der Waals surface area contributed by atoms with E-state index in [4.69, 9.17) is 23.4 Å². The zero-order valence-corrected chi connectivity index (χ0v) is 21.6. The quantitative estimate of drug-likeness (QED) is 0.421. The van der Waals surface area contributed by atoms with Gasteiger partial charge in [-0.15, -0.1) is 0 Å². The predicted octanol–water partition coefficient (Wildman–Crippen LogP) is 3.82. The van der Waals surface area contributed by atoms with E-state index in [1.807, 2.05) is 13.8 Å². The van der Waals surface area contributed by atoms with Crippen LogP contribution in [0.25, 0.3) is 0 Å². The van der Waals surface area contributed by atoms with Gasteiger partial charge in [-0.05, 0) is 48.3 Å². The zero-order chi connectivity index (χ0) is 27.2. The summed E-state index contributed by atoms with van der Waals surface area (Å²) in [5.74, 6) is -4.36. The van der Waals surface area contributed by atoms with Crippen molar-refractivity contribution in [2.75, 3.05) is 14.2 Å². The van der Waals surface area contributed by atoms with E-state index in [9.17, 15) is 19.2 Å². The number of rotatable bonds is 5. The maximum atomic E-state index is 14.1. The molecule has 6 atom stereocenters. The number of Topliss-reactive ketones (excluding diaryl/α,β-unsaturated/α-hetero) is 1. The number of ether oxygens (including phenoxy) is 4. The molecule has 3 heterocycles. The fourth-order valence-electron chi connectivity index (χ4n) is 6.67. The van der Waals surface area contributed by atoms with Gasteiger partial charge in [-0.25, -0.2) is 9.78 Å². The Morgan fingerprint density at radius 1 is 1.11 bits per heavy atom. The lowest BCUT2D eigenvalue weighted by Gasteiger charge is -2.59. The Morgan fingerprint density at radius 2 is 1.89 bits per heavy atom. The molecule has 0 bridgehead atoms. The molecule has 1 saturated carbocycles. The summed E-state index contributed by atoms with van der Waals surface area (Å²) in [6, 6.07) is 4.69. The highest BCUT2D eigenvalue weighted by molar-refractivity contribution is 6.03. The summed E-state index contributed by atoms with van der Waals surface area (Å²) in [5.41, 5.74) is -0.962. The number of carbonyl (C=O) groups is 4. The van der Waals surface area contributed by atoms with Crippen molar-refractivity contribution < 1.29 is 42.5 Å². The van der Waals surface area contributed by atoms with Crippen molar-refractivity contribution in [3.8, 4) is 5.88 Å². The fourth-order valence-corrected chi connectivity index (χ4v) is 6.67. The summed E-state index contributed by atoms with van der Waals surface area (Å²) in [4.78, 5) is 57.4. The second-order valence-electron chi connectivity index (χ2n) is 10.6. The lowest BCUT2D eigenvalue weighted by Crippen LogP contribution is -2.61. The highest BCUT2D eigenvalue weighted by atomic mass is 16.6. The third kappa shape index (κ3) is 3.99. The van der Waals surface area contributed by atoms with Gasteiger partial charge in [0.25, 0.3) is 0 Å². The number of hydrogen-bond acceptors (Lipinski definition) is 10. The highest BCUT2D eigenvalue weighted by Crippen LogP contribution is 2.64. The molecule has 2 aromatic rings. The van der Waals surface area contributed by atoms with Crippen molar-refractivity contribution >= 4 is 23.7 Å². The van der Waals surface area contributed by atoms with Gasteiger partial charge in [0.05, 0.1) is 44.1 Å². The molecule has 10 nitrogen and oxygen atoms in total. The molecule has 0 aromatic carbocycles. The van der Waals surface area contributed by atoms with Gasteiger partial charge in [0.1, 0.15) is 6.10 Å². The number of methoxy groups -OCH3 is 2. The van der Waals surface area contributed by atoms with E-state index in [1.165, 1.54) is 51.2 Å². The third-order valence-electron chi connectivity index (χ3n) is 8.54. The minimum atomic E-state index is -0.888. The minimum absolute atomic E-state index is 0.108. The average Bonchev–Trinajstić information content (AvgIpc) is 3.44. The molecule has 200 valence electrons. The number of nitrogens with zero attached hydrogens (tertiary/aromatic N) is 1. The number of esters is 3. The van der Waals surface area contributed by atoms with Gasteiger partial charge in [0, 0.05) is 23.7 Å². The number of pyridine rings is 1. The van der Waals surface area contributed by atoms with Crippen LogP contribution in [0, 0.1) is 28.6 Å². The number of cyclic esters (lactones) is 1. The summed E-state index contributed by atoms with van der Waals surface area (Å²) in [6.45, 7) is 3.76. The van der Waals surface area contributed by atoms with E-state index < -0.39 is 58.4 Å². The van der Waals surface area contributed by atoms with Crippen LogP contribution in [0.5, 0.6) is 5.88 Å². The van der Waals surface area contributed by atoms with Gasteiger partial charge in [-0.1, -0.05) is 13.8 Å². The van der Waals surface area contributed by atoms with E-state index in [-0.39, 0.29) is 11.3 Å². The van der Waals surface area contributed by atoms with Gasteiger partial charge in [-0.3, -0.25) is 14.4 Å². The van der Waals surface area contributed by atoms with E-state index in [1.54, 1.807) is 6.07 Å². The van der Waals surface area contributed by atoms with Gasteiger partial charge in [-0.2, -0.15) is 0 Å². The van der Waals surface area contributed by atoms with Crippen molar-refractivity contribution in [2.24, 2.45) is 28.6 Å². The first-order valence-corrected chi connectivity index (χ1v) is 12.4. The number of aromatic nitrogens is 1. The Kier molecular flexibility index (Phi) is 6.36. The number of carbonyl (C=O) groups excluding carboxylic acids is 4. The Labute approximate surface area is 219 Å². The largest absolute Gasteiger partial charge is 0.481 e. The van der Waals surface area contributed by atoms with Gasteiger partial charge in [0.2, 0.25) is 11.7 Å². The first-order chi connectivity index (χ1) is 18.1. The molecule has 2 aromatic heterocycles. The molecule has 10 heteroatoms. The number of allylic oxidation sites excluding steroid dienone is 1. The van der Waals surface area contributed by atoms with Crippen molar-refractivity contribution in [1.29, 1.82) is 0 Å². The first-order valence-electron chi connectivity index (χ1n) is 12.4. The van der Waals surface area contributed by atoms with Gasteiger partial charge in [0.15, 0.2) is 5.76 Å². The first kappa shape index (κ1) is 25.7. The maximum Gasteiger partial charge on any atom is 0.345 e. The molecular weight excluding hydrogens is 494 g/mol. The standard InChI is InChI=1S/C28H29NO9/c1-27-9-7-17-26(33)38-20(16-8-10-36-14-16)12-28(17,2)23(27)22(30)19(11-18(27)25(32)35-4)37-24(31)15-5-6-21(34-3)29-13-15/h5-6,8,10-11,13-14,17-18,20,23H,7,9,12H2,1-4H3/t17-,18-,20-,23-,27-,28-/m0/s1. The molecule has 2 fully saturated rings. The molecule has 38 heavy (non-hydrogen) atoms. The molecule has 2 aliphatic carbocycles. The number of fused-ring (bicyclic) bond motifs is 3. The molecular formula is C28H29NO9. The van der Waals surface area contributed by atoms with E-state index in [2.05, 4.69) is 4.98 Å². The Balaban J connectivity index is 1.54. The van der Waals surface area contributed by atoms with Crippen LogP contribution in [0.4, 0.5) is 0 Å². The van der Waals surface area contributed by atoms with Crippen molar-refractivity contribution in [3.05, 3.63) is 59.9 Å². The second-order valence-corrected chi connectivity index (χ2v) is 10.6. The van der Waals surface area contributed by atoms with Crippen LogP contribution < -0.4 is 4.74 Å². The van der Waals surface area contributed by atoms with Crippen LogP contribution in [0.1, 0.15) is 55.1 Å².